The number of aromatic nitrogens is 2. The Morgan fingerprint density at radius 2 is 2.11 bits per heavy atom. The molecule has 3 heterocycles. The Balaban J connectivity index is 1.51. The van der Waals surface area contributed by atoms with Gasteiger partial charge in [-0.15, -0.1) is 0 Å². The average molecular weight is 382 g/mol. The van der Waals surface area contributed by atoms with E-state index in [0.717, 1.165) is 16.8 Å². The number of nitrogens with one attached hydrogen (secondary N) is 2. The summed E-state index contributed by atoms with van der Waals surface area (Å²) >= 11 is 0. The van der Waals surface area contributed by atoms with Gasteiger partial charge in [0.15, 0.2) is 5.82 Å². The molecule has 0 aliphatic carbocycles. The van der Waals surface area contributed by atoms with E-state index in [9.17, 15) is 14.7 Å². The van der Waals surface area contributed by atoms with Crippen LogP contribution in [0.25, 0.3) is 0 Å². The summed E-state index contributed by atoms with van der Waals surface area (Å²) in [6, 6.07) is 7.18. The summed E-state index contributed by atoms with van der Waals surface area (Å²) in [6.45, 7) is 2.37. The molecule has 144 valence electrons. The van der Waals surface area contributed by atoms with Gasteiger partial charge in [-0.3, -0.25) is 10.2 Å². The van der Waals surface area contributed by atoms with Crippen LogP contribution < -0.4 is 15.6 Å². The van der Waals surface area contributed by atoms with Crippen LogP contribution in [0.15, 0.2) is 29.4 Å². The Labute approximate surface area is 160 Å². The van der Waals surface area contributed by atoms with E-state index in [2.05, 4.69) is 25.8 Å². The minimum Gasteiger partial charge on any atom is -0.475 e. The maximum atomic E-state index is 11.4. The molecule has 1 saturated heterocycles. The molecule has 4 rings (SSSR count). The maximum Gasteiger partial charge on any atom is 0.374 e. The first-order valence-electron chi connectivity index (χ1n) is 8.75. The van der Waals surface area contributed by atoms with Gasteiger partial charge in [-0.25, -0.2) is 14.8 Å². The average Bonchev–Trinajstić information content (AvgIpc) is 3.08. The van der Waals surface area contributed by atoms with Gasteiger partial charge >= 0.3 is 5.97 Å². The van der Waals surface area contributed by atoms with Crippen LogP contribution >= 0.6 is 0 Å². The number of fused-ring (bicyclic) bond motifs is 1. The van der Waals surface area contributed by atoms with Crippen LogP contribution in [0.3, 0.4) is 0 Å². The summed E-state index contributed by atoms with van der Waals surface area (Å²) in [4.78, 5) is 32.8. The third kappa shape index (κ3) is 3.91. The van der Waals surface area contributed by atoms with Crippen molar-refractivity contribution in [2.75, 3.05) is 41.9 Å². The monoisotopic (exact) mass is 382 g/mol. The molecule has 0 unspecified atom stereocenters. The highest BCUT2D eigenvalue weighted by Gasteiger charge is 2.18. The molecule has 1 amide bonds. The molecule has 28 heavy (non-hydrogen) atoms. The van der Waals surface area contributed by atoms with Crippen molar-refractivity contribution in [3.05, 3.63) is 41.2 Å². The van der Waals surface area contributed by atoms with E-state index in [1.54, 1.807) is 12.3 Å². The summed E-state index contributed by atoms with van der Waals surface area (Å²) in [5.74, 6) is -0.750. The zero-order valence-corrected chi connectivity index (χ0v) is 14.9. The lowest BCUT2D eigenvalue weighted by Gasteiger charge is -2.27. The third-order valence-electron chi connectivity index (χ3n) is 4.39. The number of hydrogen-bond donors (Lipinski definition) is 3. The Morgan fingerprint density at radius 3 is 2.89 bits per heavy atom. The first kappa shape index (κ1) is 17.9. The molecular weight excluding hydrogens is 364 g/mol. The van der Waals surface area contributed by atoms with Gasteiger partial charge in [-0.2, -0.15) is 5.10 Å². The molecule has 10 heteroatoms. The summed E-state index contributed by atoms with van der Waals surface area (Å²) in [6.07, 6.45) is 1.93. The van der Waals surface area contributed by atoms with Gasteiger partial charge in [0.05, 0.1) is 25.8 Å². The molecule has 3 N–H and O–H groups in total. The van der Waals surface area contributed by atoms with Crippen LogP contribution in [0.2, 0.25) is 0 Å². The lowest BCUT2D eigenvalue weighted by atomic mass is 10.1. The highest BCUT2D eigenvalue weighted by Crippen LogP contribution is 2.23. The van der Waals surface area contributed by atoms with Crippen molar-refractivity contribution in [1.82, 2.24) is 9.97 Å². The van der Waals surface area contributed by atoms with Crippen molar-refractivity contribution in [2.45, 2.75) is 6.42 Å². The van der Waals surface area contributed by atoms with E-state index >= 15 is 0 Å². The first-order valence-corrected chi connectivity index (χ1v) is 8.75. The van der Waals surface area contributed by atoms with E-state index in [4.69, 9.17) is 4.74 Å². The molecule has 10 nitrogen and oxygen atoms in total. The molecule has 1 aromatic carbocycles. The van der Waals surface area contributed by atoms with E-state index < -0.39 is 5.97 Å². The van der Waals surface area contributed by atoms with E-state index in [0.29, 0.717) is 38.5 Å². The number of benzene rings is 1. The molecule has 0 radical (unpaired) electrons. The van der Waals surface area contributed by atoms with Crippen molar-refractivity contribution in [2.24, 2.45) is 5.10 Å². The number of hydrazone groups is 1. The number of rotatable bonds is 5. The second-order valence-corrected chi connectivity index (χ2v) is 6.35. The molecule has 1 aromatic heterocycles. The Morgan fingerprint density at radius 1 is 1.29 bits per heavy atom. The number of carboxylic acids is 1. The number of hydrogen-bond acceptors (Lipinski definition) is 8. The fraction of sp³-hybridized carbons (Fsp3) is 0.278. The molecule has 0 atom stereocenters. The largest absolute Gasteiger partial charge is 0.475 e. The topological polar surface area (TPSA) is 129 Å². The number of amides is 1. The van der Waals surface area contributed by atoms with Gasteiger partial charge in [0, 0.05) is 24.8 Å². The fourth-order valence-corrected chi connectivity index (χ4v) is 3.04. The van der Waals surface area contributed by atoms with Crippen molar-refractivity contribution < 1.29 is 19.4 Å². The SMILES string of the molecule is O=C1Cc2cc(/C=N/Nc3cc(N4CCOCC4)nc(C(=O)O)n3)ccc2N1. The molecule has 2 aromatic rings. The highest BCUT2D eigenvalue weighted by atomic mass is 16.5. The van der Waals surface area contributed by atoms with Gasteiger partial charge in [-0.1, -0.05) is 6.07 Å². The van der Waals surface area contributed by atoms with Gasteiger partial charge in [-0.05, 0) is 23.3 Å². The van der Waals surface area contributed by atoms with E-state index in [1.807, 2.05) is 23.1 Å². The summed E-state index contributed by atoms with van der Waals surface area (Å²) in [7, 11) is 0. The number of aromatic carboxylic acids is 1. The van der Waals surface area contributed by atoms with E-state index in [1.165, 1.54) is 0 Å². The zero-order valence-electron chi connectivity index (χ0n) is 14.9. The Bertz CT molecular complexity index is 955. The number of carboxylic acid groups (broad SMARTS) is 1. The number of ether oxygens (including phenoxy) is 1. The lowest BCUT2D eigenvalue weighted by Crippen LogP contribution is -2.37. The van der Waals surface area contributed by atoms with Crippen molar-refractivity contribution in [1.29, 1.82) is 0 Å². The minimum absolute atomic E-state index is 0.0277. The summed E-state index contributed by atoms with van der Waals surface area (Å²) < 4.78 is 5.32. The van der Waals surface area contributed by atoms with Crippen molar-refractivity contribution in [3.8, 4) is 0 Å². The number of anilines is 3. The quantitative estimate of drug-likeness (QED) is 0.515. The second kappa shape index (κ2) is 7.61. The zero-order chi connectivity index (χ0) is 19.5. The number of nitrogens with zero attached hydrogens (tertiary/aromatic N) is 4. The minimum atomic E-state index is -1.21. The molecular formula is C18H18N6O4. The van der Waals surface area contributed by atoms with Crippen LogP contribution in [0.4, 0.5) is 17.3 Å². The van der Waals surface area contributed by atoms with Crippen LogP contribution in [-0.4, -0.2) is 59.5 Å². The highest BCUT2D eigenvalue weighted by molar-refractivity contribution is 6.00. The van der Waals surface area contributed by atoms with Gasteiger partial charge in [0.1, 0.15) is 5.82 Å². The van der Waals surface area contributed by atoms with Crippen molar-refractivity contribution >= 4 is 35.4 Å². The summed E-state index contributed by atoms with van der Waals surface area (Å²) in [5, 5.41) is 16.2. The molecule has 2 aliphatic heterocycles. The number of morpholine rings is 1. The predicted molar refractivity (Wildman–Crippen MR) is 102 cm³/mol. The fourth-order valence-electron chi connectivity index (χ4n) is 3.04. The van der Waals surface area contributed by atoms with Crippen LogP contribution in [0.5, 0.6) is 0 Å². The standard InChI is InChI=1S/C18H18N6O4/c25-16-8-12-7-11(1-2-13(12)20-16)10-19-23-14-9-15(22-17(21-14)18(26)27)24-3-5-28-6-4-24/h1-2,7,9-10H,3-6,8H2,(H,20,25)(H,26,27)(H,21,22,23)/b19-10+. The predicted octanol–water partition coefficient (Wildman–Crippen LogP) is 0.952. The van der Waals surface area contributed by atoms with Crippen LogP contribution in [0, 0.1) is 0 Å². The smallest absolute Gasteiger partial charge is 0.374 e. The molecule has 0 saturated carbocycles. The van der Waals surface area contributed by atoms with Gasteiger partial charge < -0.3 is 20.1 Å². The second-order valence-electron chi connectivity index (χ2n) is 6.35. The van der Waals surface area contributed by atoms with Crippen molar-refractivity contribution in [3.63, 3.8) is 0 Å². The summed E-state index contributed by atoms with van der Waals surface area (Å²) in [5.41, 5.74) is 5.30. The Hall–Kier alpha value is -3.53. The molecule has 0 bridgehead atoms. The Kier molecular flexibility index (Phi) is 4.85. The molecule has 1 fully saturated rings. The maximum absolute atomic E-state index is 11.4. The van der Waals surface area contributed by atoms with Crippen LogP contribution in [-0.2, 0) is 16.0 Å². The number of carbonyl (C=O) groups excluding carboxylic acids is 1. The normalized spacial score (nSPS) is 16.1. The molecule has 2 aliphatic rings. The first-order chi connectivity index (χ1) is 13.6. The third-order valence-corrected chi connectivity index (χ3v) is 4.39. The molecule has 0 spiro atoms. The van der Waals surface area contributed by atoms with Gasteiger partial charge in [0.25, 0.3) is 0 Å². The lowest BCUT2D eigenvalue weighted by molar-refractivity contribution is -0.115. The van der Waals surface area contributed by atoms with Crippen LogP contribution in [0.1, 0.15) is 21.7 Å². The van der Waals surface area contributed by atoms with E-state index in [-0.39, 0.29) is 17.5 Å². The van der Waals surface area contributed by atoms with Gasteiger partial charge in [0.2, 0.25) is 11.7 Å². The number of carbonyl (C=O) groups is 2.